The average Bonchev–Trinajstić information content (AvgIpc) is 3.02. The van der Waals surface area contributed by atoms with Crippen molar-refractivity contribution in [1.29, 1.82) is 0 Å². The number of nitrogens with zero attached hydrogens (tertiary/aromatic N) is 5. The van der Waals surface area contributed by atoms with Crippen molar-refractivity contribution in [2.24, 2.45) is 13.0 Å². The van der Waals surface area contributed by atoms with Crippen molar-refractivity contribution in [1.82, 2.24) is 24.6 Å². The Morgan fingerprint density at radius 1 is 1.36 bits per heavy atom. The Hall–Kier alpha value is -1.72. The standard InChI is InChI=1S/C20H31N5/c1-5-25-11-7-9-17(20(25)18-12-22-24(4)14-18)13-23(3)15-19-16(2)8-6-10-21-19/h6,8,10,12,14,17,20H,5,7,9,11,13,15H2,1-4H3/t17-,20+/m0/s1. The third-order valence-electron chi connectivity index (χ3n) is 5.42. The van der Waals surface area contributed by atoms with Crippen molar-refractivity contribution in [3.8, 4) is 0 Å². The van der Waals surface area contributed by atoms with Gasteiger partial charge in [-0.25, -0.2) is 0 Å². The Morgan fingerprint density at radius 3 is 2.88 bits per heavy atom. The topological polar surface area (TPSA) is 37.2 Å². The summed E-state index contributed by atoms with van der Waals surface area (Å²) in [7, 11) is 4.23. The Kier molecular flexibility index (Phi) is 5.86. The lowest BCUT2D eigenvalue weighted by Gasteiger charge is -2.42. The smallest absolute Gasteiger partial charge is 0.0572 e. The lowest BCUT2D eigenvalue weighted by Crippen LogP contribution is -2.42. The summed E-state index contributed by atoms with van der Waals surface area (Å²) in [5.41, 5.74) is 3.82. The van der Waals surface area contributed by atoms with Gasteiger partial charge < -0.3 is 4.90 Å². The Balaban J connectivity index is 1.73. The van der Waals surface area contributed by atoms with Gasteiger partial charge in [-0.15, -0.1) is 0 Å². The molecule has 0 amide bonds. The zero-order valence-corrected chi connectivity index (χ0v) is 16.0. The van der Waals surface area contributed by atoms with Gasteiger partial charge in [-0.3, -0.25) is 14.6 Å². The first-order chi connectivity index (χ1) is 12.1. The highest BCUT2D eigenvalue weighted by Gasteiger charge is 2.33. The number of aryl methyl sites for hydroxylation is 2. The summed E-state index contributed by atoms with van der Waals surface area (Å²) in [4.78, 5) is 9.61. The molecule has 25 heavy (non-hydrogen) atoms. The maximum absolute atomic E-state index is 4.56. The van der Waals surface area contributed by atoms with E-state index < -0.39 is 0 Å². The molecule has 0 saturated carbocycles. The van der Waals surface area contributed by atoms with Gasteiger partial charge in [0.1, 0.15) is 0 Å². The van der Waals surface area contributed by atoms with Crippen LogP contribution in [-0.2, 0) is 13.6 Å². The van der Waals surface area contributed by atoms with Gasteiger partial charge in [-0.1, -0.05) is 13.0 Å². The minimum atomic E-state index is 0.472. The molecule has 5 heteroatoms. The van der Waals surface area contributed by atoms with Crippen LogP contribution in [0.3, 0.4) is 0 Å². The van der Waals surface area contributed by atoms with Gasteiger partial charge in [-0.2, -0.15) is 5.10 Å². The highest BCUT2D eigenvalue weighted by atomic mass is 15.3. The maximum Gasteiger partial charge on any atom is 0.0572 e. The van der Waals surface area contributed by atoms with E-state index in [0.717, 1.165) is 19.6 Å². The molecular formula is C20H31N5. The van der Waals surface area contributed by atoms with E-state index in [1.165, 1.54) is 36.2 Å². The quantitative estimate of drug-likeness (QED) is 0.809. The second-order valence-electron chi connectivity index (χ2n) is 7.39. The predicted molar refractivity (Wildman–Crippen MR) is 101 cm³/mol. The first kappa shape index (κ1) is 18.1. The zero-order chi connectivity index (χ0) is 17.8. The monoisotopic (exact) mass is 341 g/mol. The van der Waals surface area contributed by atoms with Crippen molar-refractivity contribution in [3.63, 3.8) is 0 Å². The minimum Gasteiger partial charge on any atom is -0.300 e. The van der Waals surface area contributed by atoms with E-state index in [9.17, 15) is 0 Å². The number of likely N-dealkylation sites (tertiary alicyclic amines) is 1. The van der Waals surface area contributed by atoms with Crippen LogP contribution in [0.25, 0.3) is 0 Å². The zero-order valence-electron chi connectivity index (χ0n) is 16.0. The fourth-order valence-corrected chi connectivity index (χ4v) is 4.18. The van der Waals surface area contributed by atoms with E-state index in [4.69, 9.17) is 0 Å². The van der Waals surface area contributed by atoms with Gasteiger partial charge in [0.05, 0.1) is 11.9 Å². The third-order valence-corrected chi connectivity index (χ3v) is 5.42. The van der Waals surface area contributed by atoms with Crippen LogP contribution in [-0.4, -0.2) is 51.2 Å². The van der Waals surface area contributed by atoms with E-state index in [1.807, 2.05) is 24.0 Å². The molecule has 0 N–H and O–H groups in total. The Morgan fingerprint density at radius 2 is 2.20 bits per heavy atom. The maximum atomic E-state index is 4.56. The molecule has 0 spiro atoms. The van der Waals surface area contributed by atoms with Crippen LogP contribution in [0.5, 0.6) is 0 Å². The van der Waals surface area contributed by atoms with Crippen LogP contribution >= 0.6 is 0 Å². The SMILES string of the molecule is CCN1CCC[C@@H](CN(C)Cc2ncccc2C)[C@@H]1c1cnn(C)c1. The first-order valence-corrected chi connectivity index (χ1v) is 9.40. The van der Waals surface area contributed by atoms with E-state index >= 15 is 0 Å². The molecule has 1 aliphatic rings. The fraction of sp³-hybridized carbons (Fsp3) is 0.600. The largest absolute Gasteiger partial charge is 0.300 e. The molecular weight excluding hydrogens is 310 g/mol. The molecule has 136 valence electrons. The van der Waals surface area contributed by atoms with E-state index in [1.54, 1.807) is 0 Å². The first-order valence-electron chi connectivity index (χ1n) is 9.40. The molecule has 2 atom stereocenters. The molecule has 0 radical (unpaired) electrons. The van der Waals surface area contributed by atoms with Crippen LogP contribution < -0.4 is 0 Å². The van der Waals surface area contributed by atoms with Gasteiger partial charge in [0, 0.05) is 44.1 Å². The highest BCUT2D eigenvalue weighted by Crippen LogP contribution is 2.36. The van der Waals surface area contributed by atoms with Crippen molar-refractivity contribution in [2.45, 2.75) is 39.3 Å². The van der Waals surface area contributed by atoms with Gasteiger partial charge in [0.2, 0.25) is 0 Å². The van der Waals surface area contributed by atoms with Crippen LogP contribution in [0, 0.1) is 12.8 Å². The van der Waals surface area contributed by atoms with Crippen molar-refractivity contribution >= 4 is 0 Å². The molecule has 0 aliphatic carbocycles. The molecule has 3 heterocycles. The van der Waals surface area contributed by atoms with E-state index in [0.29, 0.717) is 12.0 Å². The average molecular weight is 342 g/mol. The predicted octanol–water partition coefficient (Wildman–Crippen LogP) is 3.03. The molecule has 0 aromatic carbocycles. The number of aromatic nitrogens is 3. The highest BCUT2D eigenvalue weighted by molar-refractivity contribution is 5.17. The summed E-state index contributed by atoms with van der Waals surface area (Å²) >= 11 is 0. The van der Waals surface area contributed by atoms with Gasteiger partial charge in [0.25, 0.3) is 0 Å². The van der Waals surface area contributed by atoms with Crippen molar-refractivity contribution in [2.75, 3.05) is 26.7 Å². The summed E-state index contributed by atoms with van der Waals surface area (Å²) in [5, 5.41) is 4.42. The summed E-state index contributed by atoms with van der Waals surface area (Å²) in [6.07, 6.45) is 8.70. The Labute approximate surface area is 151 Å². The number of hydrogen-bond donors (Lipinski definition) is 0. The normalized spacial score (nSPS) is 21.8. The second-order valence-corrected chi connectivity index (χ2v) is 7.39. The number of hydrogen-bond acceptors (Lipinski definition) is 4. The van der Waals surface area contributed by atoms with E-state index in [-0.39, 0.29) is 0 Å². The summed E-state index contributed by atoms with van der Waals surface area (Å²) in [6.45, 7) is 8.70. The number of piperidine rings is 1. The second kappa shape index (κ2) is 8.11. The molecule has 2 aromatic heterocycles. The lowest BCUT2D eigenvalue weighted by molar-refractivity contribution is 0.0746. The fourth-order valence-electron chi connectivity index (χ4n) is 4.18. The van der Waals surface area contributed by atoms with Gasteiger partial charge >= 0.3 is 0 Å². The molecule has 1 fully saturated rings. The van der Waals surface area contributed by atoms with Gasteiger partial charge in [0.15, 0.2) is 0 Å². The Bertz CT molecular complexity index is 680. The van der Waals surface area contributed by atoms with Crippen LogP contribution in [0.15, 0.2) is 30.7 Å². The van der Waals surface area contributed by atoms with Crippen LogP contribution in [0.4, 0.5) is 0 Å². The van der Waals surface area contributed by atoms with Gasteiger partial charge in [-0.05, 0) is 57.5 Å². The molecule has 2 aromatic rings. The number of pyridine rings is 1. The van der Waals surface area contributed by atoms with Crippen molar-refractivity contribution < 1.29 is 0 Å². The van der Waals surface area contributed by atoms with Crippen LogP contribution in [0.1, 0.15) is 42.6 Å². The molecule has 5 nitrogen and oxygen atoms in total. The van der Waals surface area contributed by atoms with Crippen LogP contribution in [0.2, 0.25) is 0 Å². The molecule has 0 bridgehead atoms. The van der Waals surface area contributed by atoms with Crippen molar-refractivity contribution in [3.05, 3.63) is 47.5 Å². The van der Waals surface area contributed by atoms with E-state index in [2.05, 4.69) is 59.2 Å². The summed E-state index contributed by atoms with van der Waals surface area (Å²) < 4.78 is 1.93. The third kappa shape index (κ3) is 4.28. The molecule has 3 rings (SSSR count). The molecule has 1 aliphatic heterocycles. The lowest BCUT2D eigenvalue weighted by atomic mass is 9.85. The molecule has 1 saturated heterocycles. The summed E-state index contributed by atoms with van der Waals surface area (Å²) in [5.74, 6) is 0.631. The summed E-state index contributed by atoms with van der Waals surface area (Å²) in [6, 6.07) is 4.63. The number of rotatable bonds is 6. The minimum absolute atomic E-state index is 0.472. The molecule has 0 unspecified atom stereocenters.